The lowest BCUT2D eigenvalue weighted by molar-refractivity contribution is -0.157. The minimum Gasteiger partial charge on any atom is -0.480 e. The van der Waals surface area contributed by atoms with Gasteiger partial charge < -0.3 is 10.2 Å². The number of hydrogen-bond donors (Lipinski definition) is 2. The molecule has 0 radical (unpaired) electrons. The fourth-order valence-electron chi connectivity index (χ4n) is 4.21. The van der Waals surface area contributed by atoms with Gasteiger partial charge in [0.25, 0.3) is 0 Å². The predicted molar refractivity (Wildman–Crippen MR) is 75.7 cm³/mol. The highest BCUT2D eigenvalue weighted by Crippen LogP contribution is 2.48. The van der Waals surface area contributed by atoms with Crippen molar-refractivity contribution < 1.29 is 15.0 Å². The summed E-state index contributed by atoms with van der Waals surface area (Å²) in [5, 5.41) is 20.6. The van der Waals surface area contributed by atoms with Crippen molar-refractivity contribution in [2.45, 2.75) is 49.8 Å². The van der Waals surface area contributed by atoms with Crippen LogP contribution >= 0.6 is 0 Å². The number of nitrogens with zero attached hydrogens (tertiary/aromatic N) is 1. The molecule has 3 rings (SSSR count). The maximum atomic E-state index is 12.1. The Morgan fingerprint density at radius 2 is 2.15 bits per heavy atom. The van der Waals surface area contributed by atoms with Crippen LogP contribution in [0.25, 0.3) is 0 Å². The first-order chi connectivity index (χ1) is 9.47. The van der Waals surface area contributed by atoms with Gasteiger partial charge in [-0.25, -0.2) is 0 Å². The van der Waals surface area contributed by atoms with Crippen LogP contribution in [-0.4, -0.2) is 46.3 Å². The van der Waals surface area contributed by atoms with Crippen LogP contribution in [0.4, 0.5) is 0 Å². The van der Waals surface area contributed by atoms with Crippen LogP contribution in [0.2, 0.25) is 0 Å². The van der Waals surface area contributed by atoms with E-state index in [1.807, 2.05) is 38.2 Å². The second-order valence-electron chi connectivity index (χ2n) is 6.21. The summed E-state index contributed by atoms with van der Waals surface area (Å²) in [5.41, 5.74) is 0.557. The molecule has 4 heteroatoms. The van der Waals surface area contributed by atoms with Gasteiger partial charge in [-0.3, -0.25) is 9.69 Å². The molecule has 2 heterocycles. The van der Waals surface area contributed by atoms with Crippen LogP contribution in [0.15, 0.2) is 24.3 Å². The maximum absolute atomic E-state index is 12.1. The van der Waals surface area contributed by atoms with Gasteiger partial charge in [0.15, 0.2) is 0 Å². The Balaban J connectivity index is 2.18. The molecule has 2 saturated heterocycles. The standard InChI is InChI=1S/C16H21NO3/c1-10-4-3-5-11(8-10)16(15(19)20)13-7-6-12(17(13)2)9-14(16)18/h3-5,8,12-14,18H,6-7,9H2,1-2H3,(H,19,20)/t12-,13+,14-,16+/m0/s1. The second kappa shape index (κ2) is 4.57. The molecule has 2 N–H and O–H groups in total. The Hall–Kier alpha value is -1.39. The number of carbonyl (C=O) groups is 1. The molecule has 20 heavy (non-hydrogen) atoms. The summed E-state index contributed by atoms with van der Waals surface area (Å²) in [4.78, 5) is 14.3. The van der Waals surface area contributed by atoms with Gasteiger partial charge in [-0.1, -0.05) is 29.8 Å². The van der Waals surface area contributed by atoms with E-state index in [0.717, 1.165) is 24.0 Å². The van der Waals surface area contributed by atoms with E-state index in [4.69, 9.17) is 0 Å². The minimum atomic E-state index is -1.20. The number of carboxylic acid groups (broad SMARTS) is 1. The largest absolute Gasteiger partial charge is 0.480 e. The van der Waals surface area contributed by atoms with Crippen LogP contribution in [0.3, 0.4) is 0 Å². The lowest BCUT2D eigenvalue weighted by Crippen LogP contribution is -2.63. The molecular formula is C16H21NO3. The van der Waals surface area contributed by atoms with Gasteiger partial charge in [0.05, 0.1) is 6.10 Å². The zero-order chi connectivity index (χ0) is 14.5. The number of fused-ring (bicyclic) bond motifs is 2. The first kappa shape index (κ1) is 13.6. The molecule has 1 aromatic carbocycles. The third-order valence-electron chi connectivity index (χ3n) is 5.24. The first-order valence-electron chi connectivity index (χ1n) is 7.18. The average molecular weight is 275 g/mol. The van der Waals surface area contributed by atoms with Crippen LogP contribution in [-0.2, 0) is 10.2 Å². The van der Waals surface area contributed by atoms with Crippen LogP contribution in [0, 0.1) is 6.92 Å². The number of aliphatic hydroxyl groups is 1. The summed E-state index contributed by atoms with van der Waals surface area (Å²) in [6.07, 6.45) is 1.51. The molecule has 0 saturated carbocycles. The number of aliphatic hydroxyl groups excluding tert-OH is 1. The number of hydrogen-bond acceptors (Lipinski definition) is 3. The van der Waals surface area contributed by atoms with Crippen molar-refractivity contribution in [2.24, 2.45) is 0 Å². The van der Waals surface area contributed by atoms with Crippen molar-refractivity contribution in [2.75, 3.05) is 7.05 Å². The molecule has 0 spiro atoms. The molecule has 2 aliphatic rings. The van der Waals surface area contributed by atoms with Crippen molar-refractivity contribution in [3.63, 3.8) is 0 Å². The van der Waals surface area contributed by atoms with Crippen molar-refractivity contribution in [1.29, 1.82) is 0 Å². The van der Waals surface area contributed by atoms with Crippen LogP contribution in [0.5, 0.6) is 0 Å². The lowest BCUT2D eigenvalue weighted by atomic mass is 9.66. The molecule has 0 unspecified atom stereocenters. The van der Waals surface area contributed by atoms with E-state index in [9.17, 15) is 15.0 Å². The van der Waals surface area contributed by atoms with Crippen molar-refractivity contribution in [3.8, 4) is 0 Å². The first-order valence-corrected chi connectivity index (χ1v) is 7.18. The summed E-state index contributed by atoms with van der Waals surface area (Å²) >= 11 is 0. The Morgan fingerprint density at radius 1 is 1.40 bits per heavy atom. The third kappa shape index (κ3) is 1.64. The number of benzene rings is 1. The van der Waals surface area contributed by atoms with E-state index < -0.39 is 17.5 Å². The normalized spacial score (nSPS) is 37.0. The summed E-state index contributed by atoms with van der Waals surface area (Å²) in [5.74, 6) is -0.909. The van der Waals surface area contributed by atoms with Crippen molar-refractivity contribution in [1.82, 2.24) is 4.90 Å². The average Bonchev–Trinajstić information content (AvgIpc) is 2.66. The maximum Gasteiger partial charge on any atom is 0.318 e. The van der Waals surface area contributed by atoms with Crippen LogP contribution in [0.1, 0.15) is 30.4 Å². The number of carboxylic acids is 1. The Bertz CT molecular complexity index is 544. The number of aryl methyl sites for hydroxylation is 1. The van der Waals surface area contributed by atoms with Gasteiger partial charge in [-0.05, 0) is 38.8 Å². The molecule has 4 atom stereocenters. The van der Waals surface area contributed by atoms with Gasteiger partial charge >= 0.3 is 5.97 Å². The lowest BCUT2D eigenvalue weighted by Gasteiger charge is -2.48. The minimum absolute atomic E-state index is 0.129. The fourth-order valence-corrected chi connectivity index (χ4v) is 4.21. The molecule has 2 fully saturated rings. The molecule has 1 aromatic rings. The molecule has 2 aliphatic heterocycles. The highest BCUT2D eigenvalue weighted by atomic mass is 16.4. The van der Waals surface area contributed by atoms with Gasteiger partial charge in [0, 0.05) is 12.1 Å². The van der Waals surface area contributed by atoms with E-state index in [-0.39, 0.29) is 6.04 Å². The highest BCUT2D eigenvalue weighted by molar-refractivity contribution is 5.84. The summed E-state index contributed by atoms with van der Waals surface area (Å²) in [6.45, 7) is 1.95. The zero-order valence-electron chi connectivity index (χ0n) is 11.9. The van der Waals surface area contributed by atoms with Gasteiger partial charge in [-0.15, -0.1) is 0 Å². The van der Waals surface area contributed by atoms with E-state index in [1.165, 1.54) is 0 Å². The Labute approximate surface area is 119 Å². The fraction of sp³-hybridized carbons (Fsp3) is 0.562. The quantitative estimate of drug-likeness (QED) is 0.859. The summed E-state index contributed by atoms with van der Waals surface area (Å²) < 4.78 is 0. The van der Waals surface area contributed by atoms with E-state index >= 15 is 0 Å². The van der Waals surface area contributed by atoms with E-state index in [2.05, 4.69) is 4.90 Å². The summed E-state index contributed by atoms with van der Waals surface area (Å²) in [7, 11) is 1.99. The van der Waals surface area contributed by atoms with Gasteiger partial charge in [-0.2, -0.15) is 0 Å². The Morgan fingerprint density at radius 3 is 2.80 bits per heavy atom. The highest BCUT2D eigenvalue weighted by Gasteiger charge is 2.60. The molecule has 0 aliphatic carbocycles. The number of rotatable bonds is 2. The number of likely N-dealkylation sites (N-methyl/N-ethyl adjacent to an activating group) is 1. The number of piperidine rings is 1. The second-order valence-corrected chi connectivity index (χ2v) is 6.21. The molecule has 0 amide bonds. The van der Waals surface area contributed by atoms with E-state index in [0.29, 0.717) is 12.5 Å². The van der Waals surface area contributed by atoms with Gasteiger partial charge in [0.2, 0.25) is 0 Å². The SMILES string of the molecule is Cc1cccc([C@]2(C(=O)O)[C@@H](O)C[C@@H]3CC[C@H]2N3C)c1. The molecule has 0 aromatic heterocycles. The van der Waals surface area contributed by atoms with Crippen molar-refractivity contribution in [3.05, 3.63) is 35.4 Å². The molecular weight excluding hydrogens is 254 g/mol. The van der Waals surface area contributed by atoms with Crippen molar-refractivity contribution >= 4 is 5.97 Å². The van der Waals surface area contributed by atoms with E-state index in [1.54, 1.807) is 0 Å². The topological polar surface area (TPSA) is 60.8 Å². The predicted octanol–water partition coefficient (Wildman–Crippen LogP) is 1.54. The molecule has 108 valence electrons. The smallest absolute Gasteiger partial charge is 0.318 e. The monoisotopic (exact) mass is 275 g/mol. The zero-order valence-corrected chi connectivity index (χ0v) is 11.9. The number of aliphatic carboxylic acids is 1. The van der Waals surface area contributed by atoms with Gasteiger partial charge in [0.1, 0.15) is 5.41 Å². The molecule has 2 bridgehead atoms. The Kier molecular flexibility index (Phi) is 3.10. The van der Waals surface area contributed by atoms with Crippen LogP contribution < -0.4 is 0 Å². The summed E-state index contributed by atoms with van der Waals surface area (Å²) in [6, 6.07) is 7.77. The third-order valence-corrected chi connectivity index (χ3v) is 5.24. The molecule has 4 nitrogen and oxygen atoms in total.